The first kappa shape index (κ1) is 32.0. The smallest absolute Gasteiger partial charge is 0.205 e. The van der Waals surface area contributed by atoms with Crippen LogP contribution in [0, 0.1) is 23.2 Å². The van der Waals surface area contributed by atoms with Gasteiger partial charge in [0.2, 0.25) is 5.78 Å². The van der Waals surface area contributed by atoms with Crippen molar-refractivity contribution >= 4 is 29.3 Å². The lowest BCUT2D eigenvalue weighted by Crippen LogP contribution is -2.13. The lowest BCUT2D eigenvalue weighted by Gasteiger charge is -2.19. The number of ketones is 1. The van der Waals surface area contributed by atoms with Crippen molar-refractivity contribution in [2.75, 3.05) is 20.3 Å². The molecule has 7 heteroatoms. The molecule has 40 heavy (non-hydrogen) atoms. The summed E-state index contributed by atoms with van der Waals surface area (Å²) in [6, 6.07) is 13.0. The van der Waals surface area contributed by atoms with E-state index in [-0.39, 0.29) is 11.4 Å². The number of allylic oxidation sites excluding steroid dienone is 1. The van der Waals surface area contributed by atoms with E-state index in [1.54, 1.807) is 31.4 Å². The third kappa shape index (κ3) is 8.47. The van der Waals surface area contributed by atoms with Gasteiger partial charge in [-0.3, -0.25) is 4.79 Å². The van der Waals surface area contributed by atoms with Gasteiger partial charge < -0.3 is 14.2 Å². The average molecular weight is 582 g/mol. The molecule has 0 radical (unpaired) electrons. The summed E-state index contributed by atoms with van der Waals surface area (Å²) in [4.78, 5) is 15.2. The van der Waals surface area contributed by atoms with E-state index in [0.29, 0.717) is 40.6 Å². The Bertz CT molecular complexity index is 1140. The predicted octanol–water partition coefficient (Wildman–Crippen LogP) is 9.70. The van der Waals surface area contributed by atoms with Gasteiger partial charge in [0.1, 0.15) is 28.9 Å². The van der Waals surface area contributed by atoms with Gasteiger partial charge in [-0.2, -0.15) is 5.26 Å². The van der Waals surface area contributed by atoms with Gasteiger partial charge >= 0.3 is 0 Å². The molecule has 0 fully saturated rings. The van der Waals surface area contributed by atoms with Crippen LogP contribution < -0.4 is 14.2 Å². The molecule has 2 unspecified atom stereocenters. The molecule has 0 spiro atoms. The fourth-order valence-electron chi connectivity index (χ4n) is 4.54. The maximum absolute atomic E-state index is 13.4. The maximum atomic E-state index is 13.4. The molecular formula is C33H43NO4S2. The zero-order valence-electron chi connectivity index (χ0n) is 24.6. The molecule has 5 nitrogen and oxygen atoms in total. The number of hydrogen-bond donors (Lipinski definition) is 0. The van der Waals surface area contributed by atoms with Crippen molar-refractivity contribution in [3.05, 3.63) is 51.8 Å². The monoisotopic (exact) mass is 581 g/mol. The van der Waals surface area contributed by atoms with E-state index < -0.39 is 0 Å². The summed E-state index contributed by atoms with van der Waals surface area (Å²) in [6.07, 6.45) is 9.18. The number of thioether (sulfide) groups is 2. The van der Waals surface area contributed by atoms with Crippen molar-refractivity contribution in [3.63, 3.8) is 0 Å². The lowest BCUT2D eigenvalue weighted by molar-refractivity contribution is 0.103. The summed E-state index contributed by atoms with van der Waals surface area (Å²) in [6.45, 7) is 10.2. The van der Waals surface area contributed by atoms with Crippen LogP contribution in [0.5, 0.6) is 17.2 Å². The maximum Gasteiger partial charge on any atom is 0.205 e. The number of Topliss-reactive ketones (excluding diaryl/α,β-unsaturated/α-hetero) is 1. The Kier molecular flexibility index (Phi) is 13.3. The van der Waals surface area contributed by atoms with Crippen molar-refractivity contribution in [2.24, 2.45) is 11.8 Å². The van der Waals surface area contributed by atoms with Crippen LogP contribution in [0.15, 0.2) is 56.0 Å². The van der Waals surface area contributed by atoms with Crippen LogP contribution in [0.4, 0.5) is 0 Å². The number of rotatable bonds is 17. The Morgan fingerprint density at radius 3 is 1.73 bits per heavy atom. The van der Waals surface area contributed by atoms with Crippen LogP contribution in [-0.4, -0.2) is 26.1 Å². The molecule has 2 aromatic carbocycles. The number of fused-ring (bicyclic) bond motifs is 1. The molecular weight excluding hydrogens is 539 g/mol. The van der Waals surface area contributed by atoms with E-state index in [0.717, 1.165) is 47.0 Å². The van der Waals surface area contributed by atoms with Crippen LogP contribution in [0.1, 0.15) is 89.4 Å². The highest BCUT2D eigenvalue weighted by atomic mass is 32.2. The molecule has 0 N–H and O–H groups in total. The normalized spacial score (nSPS) is 13.8. The molecule has 0 aromatic heterocycles. The largest absolute Gasteiger partial charge is 0.497 e. The molecule has 0 saturated carbocycles. The Labute approximate surface area is 249 Å². The quantitative estimate of drug-likeness (QED) is 0.105. The Hall–Kier alpha value is -2.56. The van der Waals surface area contributed by atoms with Crippen LogP contribution >= 0.6 is 23.5 Å². The third-order valence-electron chi connectivity index (χ3n) is 7.36. The average Bonchev–Trinajstić information content (AvgIpc) is 3.43. The molecule has 2 atom stereocenters. The molecule has 0 bridgehead atoms. The Morgan fingerprint density at radius 2 is 1.32 bits per heavy atom. The summed E-state index contributed by atoms with van der Waals surface area (Å²) in [5, 5.41) is 10.1. The number of unbranched alkanes of at least 4 members (excludes halogenated alkanes) is 2. The summed E-state index contributed by atoms with van der Waals surface area (Å²) in [5.41, 5.74) is 0.593. The molecule has 216 valence electrons. The van der Waals surface area contributed by atoms with E-state index in [9.17, 15) is 10.1 Å². The fourth-order valence-corrected chi connectivity index (χ4v) is 7.15. The first-order valence-corrected chi connectivity index (χ1v) is 16.2. The molecule has 3 rings (SSSR count). The minimum Gasteiger partial charge on any atom is -0.497 e. The van der Waals surface area contributed by atoms with Gasteiger partial charge in [0, 0.05) is 5.56 Å². The predicted molar refractivity (Wildman–Crippen MR) is 166 cm³/mol. The highest BCUT2D eigenvalue weighted by Crippen LogP contribution is 2.59. The van der Waals surface area contributed by atoms with Gasteiger partial charge in [-0.05, 0) is 61.1 Å². The summed E-state index contributed by atoms with van der Waals surface area (Å²) < 4.78 is 18.7. The first-order valence-electron chi connectivity index (χ1n) is 14.6. The van der Waals surface area contributed by atoms with Crippen molar-refractivity contribution in [3.8, 4) is 23.3 Å². The minimum absolute atomic E-state index is 0.136. The minimum atomic E-state index is -0.297. The van der Waals surface area contributed by atoms with E-state index in [1.807, 2.05) is 12.1 Å². The van der Waals surface area contributed by atoms with E-state index in [4.69, 9.17) is 14.2 Å². The van der Waals surface area contributed by atoms with Crippen molar-refractivity contribution in [2.45, 2.75) is 88.9 Å². The van der Waals surface area contributed by atoms with Gasteiger partial charge in [0.05, 0.1) is 34.4 Å². The second kappa shape index (κ2) is 16.6. The van der Waals surface area contributed by atoms with Crippen molar-refractivity contribution < 1.29 is 19.0 Å². The lowest BCUT2D eigenvalue weighted by atomic mass is 10.0. The second-order valence-electron chi connectivity index (χ2n) is 10.2. The summed E-state index contributed by atoms with van der Waals surface area (Å²) in [7, 11) is 1.58. The van der Waals surface area contributed by atoms with Gasteiger partial charge in [-0.1, -0.05) is 89.7 Å². The molecule has 2 aromatic rings. The molecule has 1 aliphatic heterocycles. The van der Waals surface area contributed by atoms with E-state index >= 15 is 0 Å². The van der Waals surface area contributed by atoms with Crippen molar-refractivity contribution in [1.82, 2.24) is 0 Å². The zero-order valence-corrected chi connectivity index (χ0v) is 26.2. The standard InChI is InChI=1S/C33H43NO4S2/c1-6-10-12-23(8-3)21-37-28-18-19-29(38-22-24(9-4)13-11-7-2)32-31(28)39-33(40-32)27(20-34)30(35)25-14-16-26(36-5)17-15-25/h14-19,23-24H,6-13,21-22H2,1-5H3. The zero-order chi connectivity index (χ0) is 28.9. The third-order valence-corrected chi connectivity index (χ3v) is 9.99. The topological polar surface area (TPSA) is 68.5 Å². The number of nitriles is 1. The van der Waals surface area contributed by atoms with Crippen LogP contribution in [0.2, 0.25) is 0 Å². The number of nitrogens with zero attached hydrogens (tertiary/aromatic N) is 1. The SMILES string of the molecule is CCCCC(CC)COc1ccc(OCC(CC)CCCC)c2c1SC(=C(C#N)C(=O)c1ccc(OC)cc1)S2. The molecule has 1 heterocycles. The van der Waals surface area contributed by atoms with Gasteiger partial charge in [-0.25, -0.2) is 0 Å². The highest BCUT2D eigenvalue weighted by molar-refractivity contribution is 8.24. The number of carbonyl (C=O) groups excluding carboxylic acids is 1. The van der Waals surface area contributed by atoms with Gasteiger partial charge in [-0.15, -0.1) is 0 Å². The molecule has 0 saturated heterocycles. The van der Waals surface area contributed by atoms with Crippen LogP contribution in [0.25, 0.3) is 0 Å². The first-order chi connectivity index (χ1) is 19.5. The number of carbonyl (C=O) groups is 1. The molecule has 0 amide bonds. The van der Waals surface area contributed by atoms with Crippen LogP contribution in [-0.2, 0) is 0 Å². The Balaban J connectivity index is 1.91. The number of hydrogen-bond acceptors (Lipinski definition) is 7. The summed E-state index contributed by atoms with van der Waals surface area (Å²) >= 11 is 2.88. The molecule has 0 aliphatic carbocycles. The van der Waals surface area contributed by atoms with Crippen molar-refractivity contribution in [1.29, 1.82) is 5.26 Å². The van der Waals surface area contributed by atoms with Gasteiger partial charge in [0.15, 0.2) is 0 Å². The number of ether oxygens (including phenoxy) is 3. The Morgan fingerprint density at radius 1 is 0.825 bits per heavy atom. The second-order valence-corrected chi connectivity index (χ2v) is 12.5. The number of methoxy groups -OCH3 is 1. The molecule has 1 aliphatic rings. The van der Waals surface area contributed by atoms with E-state index in [2.05, 4.69) is 33.8 Å². The summed E-state index contributed by atoms with van der Waals surface area (Å²) in [5.74, 6) is 2.94. The van der Waals surface area contributed by atoms with E-state index in [1.165, 1.54) is 49.2 Å². The number of benzene rings is 2. The highest BCUT2D eigenvalue weighted by Gasteiger charge is 2.31. The fraction of sp³-hybridized carbons (Fsp3) is 0.515. The van der Waals surface area contributed by atoms with Crippen LogP contribution in [0.3, 0.4) is 0 Å². The van der Waals surface area contributed by atoms with Gasteiger partial charge in [0.25, 0.3) is 0 Å².